The van der Waals surface area contributed by atoms with Crippen LogP contribution < -0.4 is 16.8 Å². The number of hydrogen-bond acceptors (Lipinski definition) is 6. The first-order valence-corrected chi connectivity index (χ1v) is 4.71. The second-order valence-electron chi connectivity index (χ2n) is 3.05. The van der Waals surface area contributed by atoms with E-state index in [0.29, 0.717) is 28.6 Å². The minimum absolute atomic E-state index is 0.295. The Hall–Kier alpha value is -2.63. The maximum atomic E-state index is 5.79. The van der Waals surface area contributed by atoms with Crippen molar-refractivity contribution in [2.24, 2.45) is 10.7 Å². The molecule has 88 valence electrons. The number of nitrogen functional groups attached to an aromatic ring is 1. The summed E-state index contributed by atoms with van der Waals surface area (Å²) in [6.07, 6.45) is 4.28. The molecule has 5 N–H and O–H groups in total. The van der Waals surface area contributed by atoms with Crippen LogP contribution in [0.25, 0.3) is 0 Å². The highest BCUT2D eigenvalue weighted by Gasteiger charge is 2.08. The summed E-state index contributed by atoms with van der Waals surface area (Å²) in [5.41, 5.74) is 12.7. The molecule has 0 spiro atoms. The minimum atomic E-state index is 0.295. The number of aromatic nitrogens is 2. The van der Waals surface area contributed by atoms with Crippen LogP contribution in [0.1, 0.15) is 0 Å². The Morgan fingerprint density at radius 3 is 2.71 bits per heavy atom. The molecule has 6 heteroatoms. The Morgan fingerprint density at radius 2 is 2.18 bits per heavy atom. The number of nitrogens with one attached hydrogen (secondary N) is 1. The van der Waals surface area contributed by atoms with Crippen LogP contribution in [0, 0.1) is 0 Å². The Bertz CT molecular complexity index is 489. The highest BCUT2D eigenvalue weighted by Crippen LogP contribution is 2.26. The maximum absolute atomic E-state index is 5.79. The molecule has 0 aliphatic carbocycles. The van der Waals surface area contributed by atoms with E-state index in [2.05, 4.69) is 40.2 Å². The average molecular weight is 230 g/mol. The Kier molecular flexibility index (Phi) is 3.99. The lowest BCUT2D eigenvalue weighted by molar-refractivity contribution is 1.15. The van der Waals surface area contributed by atoms with Crippen LogP contribution in [0.15, 0.2) is 48.0 Å². The third-order valence-corrected chi connectivity index (χ3v) is 2.03. The summed E-state index contributed by atoms with van der Waals surface area (Å²) in [4.78, 5) is 11.5. The van der Waals surface area contributed by atoms with Crippen LogP contribution in [0.2, 0.25) is 0 Å². The molecule has 0 fully saturated rings. The van der Waals surface area contributed by atoms with Crippen molar-refractivity contribution in [2.75, 3.05) is 11.1 Å². The molecule has 17 heavy (non-hydrogen) atoms. The van der Waals surface area contributed by atoms with Crippen molar-refractivity contribution < 1.29 is 0 Å². The van der Waals surface area contributed by atoms with E-state index in [-0.39, 0.29) is 0 Å². The predicted molar refractivity (Wildman–Crippen MR) is 70.9 cm³/mol. The summed E-state index contributed by atoms with van der Waals surface area (Å²) >= 11 is 0. The molecule has 0 aliphatic heterocycles. The van der Waals surface area contributed by atoms with Gasteiger partial charge in [0.25, 0.3) is 0 Å². The fourth-order valence-corrected chi connectivity index (χ4v) is 1.12. The van der Waals surface area contributed by atoms with E-state index in [1.807, 2.05) is 0 Å². The molecule has 0 radical (unpaired) electrons. The van der Waals surface area contributed by atoms with Crippen molar-refractivity contribution in [1.82, 2.24) is 9.97 Å². The second-order valence-corrected chi connectivity index (χ2v) is 3.05. The molecule has 0 atom stereocenters. The molecule has 1 aromatic rings. The lowest BCUT2D eigenvalue weighted by atomic mass is 10.2. The number of nitrogens with zero attached hydrogens (tertiary/aromatic N) is 3. The van der Waals surface area contributed by atoms with Gasteiger partial charge in [0.2, 0.25) is 0 Å². The summed E-state index contributed by atoms with van der Waals surface area (Å²) in [7, 11) is 0. The van der Waals surface area contributed by atoms with Crippen LogP contribution in [0.3, 0.4) is 0 Å². The minimum Gasteiger partial charge on any atom is -0.404 e. The average Bonchev–Trinajstić information content (AvgIpc) is 2.33. The van der Waals surface area contributed by atoms with Crippen LogP contribution in [0.5, 0.6) is 0 Å². The van der Waals surface area contributed by atoms with Crippen molar-refractivity contribution in [3.63, 3.8) is 0 Å². The molecular weight excluding hydrogens is 216 g/mol. The van der Waals surface area contributed by atoms with Crippen molar-refractivity contribution in [1.29, 1.82) is 0 Å². The van der Waals surface area contributed by atoms with Gasteiger partial charge in [-0.15, -0.1) is 0 Å². The maximum Gasteiger partial charge on any atom is 0.180 e. The van der Waals surface area contributed by atoms with Gasteiger partial charge in [-0.2, -0.15) is 0 Å². The van der Waals surface area contributed by atoms with Crippen molar-refractivity contribution >= 4 is 24.0 Å². The molecule has 1 heterocycles. The number of rotatable bonds is 5. The third-order valence-electron chi connectivity index (χ3n) is 2.03. The van der Waals surface area contributed by atoms with E-state index in [9.17, 15) is 0 Å². The van der Waals surface area contributed by atoms with Crippen molar-refractivity contribution in [3.05, 3.63) is 43.0 Å². The lowest BCUT2D eigenvalue weighted by Crippen LogP contribution is -2.06. The van der Waals surface area contributed by atoms with Gasteiger partial charge in [-0.3, -0.25) is 0 Å². The number of allylic oxidation sites excluding steroid dienone is 1. The molecular formula is C11H14N6. The quantitative estimate of drug-likeness (QED) is 0.523. The fraction of sp³-hybridized carbons (Fsp3) is 0. The largest absolute Gasteiger partial charge is 0.404 e. The van der Waals surface area contributed by atoms with Gasteiger partial charge in [0.15, 0.2) is 11.6 Å². The summed E-state index contributed by atoms with van der Waals surface area (Å²) in [5, 5.41) is 2.91. The SMILES string of the molecule is C=C/C(=C\N)C(=C)Nc1ncnc(N=C)c1N. The summed E-state index contributed by atoms with van der Waals surface area (Å²) in [6, 6.07) is 0. The number of nitrogens with two attached hydrogens (primary N) is 2. The van der Waals surface area contributed by atoms with Gasteiger partial charge in [-0.25, -0.2) is 15.0 Å². The topological polar surface area (TPSA) is 102 Å². The van der Waals surface area contributed by atoms with E-state index in [1.165, 1.54) is 12.5 Å². The van der Waals surface area contributed by atoms with Gasteiger partial charge in [0.05, 0.1) is 0 Å². The van der Waals surface area contributed by atoms with Crippen molar-refractivity contribution in [2.45, 2.75) is 0 Å². The smallest absolute Gasteiger partial charge is 0.180 e. The van der Waals surface area contributed by atoms with E-state index in [1.54, 1.807) is 6.08 Å². The van der Waals surface area contributed by atoms with Crippen LogP contribution in [0.4, 0.5) is 17.3 Å². The Labute approximate surface area is 99.5 Å². The zero-order chi connectivity index (χ0) is 12.8. The molecule has 0 saturated heterocycles. The van der Waals surface area contributed by atoms with Gasteiger partial charge in [-0.05, 0) is 6.72 Å². The molecule has 0 saturated carbocycles. The third kappa shape index (κ3) is 2.69. The number of hydrogen-bond donors (Lipinski definition) is 3. The molecule has 0 amide bonds. The van der Waals surface area contributed by atoms with Crippen LogP contribution in [-0.4, -0.2) is 16.7 Å². The van der Waals surface area contributed by atoms with Gasteiger partial charge in [-0.1, -0.05) is 19.2 Å². The number of anilines is 2. The predicted octanol–water partition coefficient (Wildman–Crippen LogP) is 1.35. The highest BCUT2D eigenvalue weighted by atomic mass is 15.1. The summed E-state index contributed by atoms with van der Waals surface area (Å²) < 4.78 is 0. The van der Waals surface area contributed by atoms with Crippen molar-refractivity contribution in [3.8, 4) is 0 Å². The van der Waals surface area contributed by atoms with Crippen LogP contribution >= 0.6 is 0 Å². The highest BCUT2D eigenvalue weighted by molar-refractivity contribution is 5.75. The van der Waals surface area contributed by atoms with E-state index >= 15 is 0 Å². The number of aliphatic imine (C=N–C) groups is 1. The van der Waals surface area contributed by atoms with Gasteiger partial charge < -0.3 is 16.8 Å². The first kappa shape index (κ1) is 12.4. The molecule has 1 aromatic heterocycles. The molecule has 0 aliphatic rings. The normalized spacial score (nSPS) is 10.7. The lowest BCUT2D eigenvalue weighted by Gasteiger charge is -2.11. The zero-order valence-corrected chi connectivity index (χ0v) is 9.35. The molecule has 0 aromatic carbocycles. The van der Waals surface area contributed by atoms with Crippen LogP contribution in [-0.2, 0) is 0 Å². The van der Waals surface area contributed by atoms with E-state index in [0.717, 1.165) is 0 Å². The molecule has 0 unspecified atom stereocenters. The summed E-state index contributed by atoms with van der Waals surface area (Å²) in [6.45, 7) is 10.8. The molecule has 1 rings (SSSR count). The molecule has 6 nitrogen and oxygen atoms in total. The molecule has 0 bridgehead atoms. The monoisotopic (exact) mass is 230 g/mol. The first-order valence-electron chi connectivity index (χ1n) is 4.71. The standard InChI is InChI=1S/C11H14N6/c1-4-8(5-12)7(2)17-11-9(13)10(14-3)15-6-16-11/h4-6H,1-3,12-13H2,(H,15,16,17)/b8-5+. The Balaban J connectivity index is 3.00. The second kappa shape index (κ2) is 5.45. The first-order chi connectivity index (χ1) is 8.13. The van der Waals surface area contributed by atoms with E-state index in [4.69, 9.17) is 11.5 Å². The van der Waals surface area contributed by atoms with E-state index < -0.39 is 0 Å². The zero-order valence-electron chi connectivity index (χ0n) is 9.35. The Morgan fingerprint density at radius 1 is 1.47 bits per heavy atom. The van der Waals surface area contributed by atoms with Gasteiger partial charge in [0, 0.05) is 17.5 Å². The van der Waals surface area contributed by atoms with Gasteiger partial charge in [0.1, 0.15) is 12.0 Å². The van der Waals surface area contributed by atoms with Gasteiger partial charge >= 0.3 is 0 Å². The summed E-state index contributed by atoms with van der Waals surface area (Å²) in [5.74, 6) is 0.709. The fourth-order valence-electron chi connectivity index (χ4n) is 1.12.